The van der Waals surface area contributed by atoms with E-state index in [-0.39, 0.29) is 11.9 Å². The number of fused-ring (bicyclic) bond motifs is 1. The van der Waals surface area contributed by atoms with Gasteiger partial charge < -0.3 is 4.90 Å². The van der Waals surface area contributed by atoms with Crippen molar-refractivity contribution >= 4 is 39.9 Å². The summed E-state index contributed by atoms with van der Waals surface area (Å²) < 4.78 is 0. The Hall–Kier alpha value is -1.50. The van der Waals surface area contributed by atoms with Gasteiger partial charge in [0.25, 0.3) is 5.91 Å². The molecule has 0 saturated carbocycles. The molecule has 0 N–H and O–H groups in total. The van der Waals surface area contributed by atoms with Crippen molar-refractivity contribution in [3.05, 3.63) is 60.9 Å². The molecule has 0 saturated heterocycles. The van der Waals surface area contributed by atoms with Crippen molar-refractivity contribution in [3.8, 4) is 0 Å². The van der Waals surface area contributed by atoms with Crippen molar-refractivity contribution in [2.75, 3.05) is 6.54 Å². The van der Waals surface area contributed by atoms with Gasteiger partial charge in [-0.2, -0.15) is 0 Å². The number of thiophene rings is 2. The van der Waals surface area contributed by atoms with Gasteiger partial charge in [-0.25, -0.2) is 4.98 Å². The van der Waals surface area contributed by atoms with E-state index < -0.39 is 0 Å². The molecule has 0 radical (unpaired) electrons. The Bertz CT molecular complexity index is 746. The molecule has 1 unspecified atom stereocenters. The quantitative estimate of drug-likeness (QED) is 0.709. The number of amides is 1. The fourth-order valence-electron chi connectivity index (χ4n) is 2.75. The number of aromatic nitrogens is 1. The Kier molecular flexibility index (Phi) is 3.37. The van der Waals surface area contributed by atoms with E-state index in [0.29, 0.717) is 5.69 Å². The molecule has 0 fully saturated rings. The van der Waals surface area contributed by atoms with Crippen LogP contribution in [0.4, 0.5) is 0 Å². The third-order valence-corrected chi connectivity index (χ3v) is 6.20. The minimum Gasteiger partial charge on any atom is -0.325 e. The molecule has 4 rings (SSSR count). The number of nitrogens with zero attached hydrogens (tertiary/aromatic N) is 2. The average molecular weight is 332 g/mol. The van der Waals surface area contributed by atoms with Crippen molar-refractivity contribution in [1.29, 1.82) is 0 Å². The first-order valence-electron chi connectivity index (χ1n) is 6.63. The van der Waals surface area contributed by atoms with Crippen LogP contribution < -0.4 is 0 Å². The number of rotatable bonds is 2. The summed E-state index contributed by atoms with van der Waals surface area (Å²) in [5, 5.41) is 6.03. The topological polar surface area (TPSA) is 33.2 Å². The highest BCUT2D eigenvalue weighted by molar-refractivity contribution is 7.10. The smallest absolute Gasteiger partial charge is 0.274 e. The lowest BCUT2D eigenvalue weighted by Crippen LogP contribution is -2.39. The van der Waals surface area contributed by atoms with Crippen molar-refractivity contribution in [2.45, 2.75) is 12.5 Å². The third kappa shape index (κ3) is 2.23. The molecular formula is C15H12N2OS3. The van der Waals surface area contributed by atoms with Gasteiger partial charge in [-0.15, -0.1) is 34.0 Å². The van der Waals surface area contributed by atoms with Gasteiger partial charge >= 0.3 is 0 Å². The minimum absolute atomic E-state index is 0.0338. The molecule has 3 nitrogen and oxygen atoms in total. The van der Waals surface area contributed by atoms with Crippen molar-refractivity contribution < 1.29 is 4.79 Å². The zero-order chi connectivity index (χ0) is 14.2. The Morgan fingerprint density at radius 3 is 3.00 bits per heavy atom. The standard InChI is InChI=1S/C15H12N2OS3/c18-15(11-8-19-9-16-11)17-5-3-12-10(4-7-21-12)14(17)13-2-1-6-20-13/h1-2,4,6-9,14H,3,5H2. The van der Waals surface area contributed by atoms with E-state index >= 15 is 0 Å². The molecule has 1 aliphatic heterocycles. The summed E-state index contributed by atoms with van der Waals surface area (Å²) in [5.74, 6) is 0.0338. The fourth-order valence-corrected chi connectivity index (χ4v) is 5.04. The zero-order valence-electron chi connectivity index (χ0n) is 11.1. The lowest BCUT2D eigenvalue weighted by molar-refractivity contribution is 0.0693. The second kappa shape index (κ2) is 5.36. The second-order valence-electron chi connectivity index (χ2n) is 4.84. The summed E-state index contributed by atoms with van der Waals surface area (Å²) >= 11 is 4.96. The van der Waals surface area contributed by atoms with Gasteiger partial charge in [0, 0.05) is 21.7 Å². The third-order valence-electron chi connectivity index (χ3n) is 3.69. The van der Waals surface area contributed by atoms with Gasteiger partial charge in [-0.3, -0.25) is 4.79 Å². The van der Waals surface area contributed by atoms with Gasteiger partial charge in [-0.05, 0) is 34.9 Å². The van der Waals surface area contributed by atoms with Crippen LogP contribution in [0.1, 0.15) is 31.8 Å². The zero-order valence-corrected chi connectivity index (χ0v) is 13.5. The van der Waals surface area contributed by atoms with Crippen LogP contribution in [-0.4, -0.2) is 22.3 Å². The molecule has 3 aromatic heterocycles. The number of thiazole rings is 1. The molecule has 4 heterocycles. The van der Waals surface area contributed by atoms with E-state index in [1.54, 1.807) is 28.2 Å². The maximum absolute atomic E-state index is 12.8. The van der Waals surface area contributed by atoms with Gasteiger partial charge in [0.1, 0.15) is 5.69 Å². The fraction of sp³-hybridized carbons (Fsp3) is 0.200. The first kappa shape index (κ1) is 13.2. The lowest BCUT2D eigenvalue weighted by atomic mass is 9.98. The van der Waals surface area contributed by atoms with Crippen LogP contribution in [0.2, 0.25) is 0 Å². The highest BCUT2D eigenvalue weighted by Crippen LogP contribution is 2.40. The molecule has 3 aromatic rings. The Labute approximate surface area is 134 Å². The summed E-state index contributed by atoms with van der Waals surface area (Å²) in [6.45, 7) is 0.756. The summed E-state index contributed by atoms with van der Waals surface area (Å²) in [6, 6.07) is 6.36. The van der Waals surface area contributed by atoms with Crippen LogP contribution in [0.25, 0.3) is 0 Å². The molecule has 6 heteroatoms. The molecule has 1 aliphatic rings. The monoisotopic (exact) mass is 332 g/mol. The van der Waals surface area contributed by atoms with Gasteiger partial charge in [-0.1, -0.05) is 6.07 Å². The summed E-state index contributed by atoms with van der Waals surface area (Å²) in [7, 11) is 0. The largest absolute Gasteiger partial charge is 0.325 e. The molecule has 0 spiro atoms. The van der Waals surface area contributed by atoms with Gasteiger partial charge in [0.2, 0.25) is 0 Å². The maximum atomic E-state index is 12.8. The van der Waals surface area contributed by atoms with Gasteiger partial charge in [0.05, 0.1) is 11.6 Å². The van der Waals surface area contributed by atoms with Crippen LogP contribution in [0, 0.1) is 0 Å². The number of hydrogen-bond donors (Lipinski definition) is 0. The normalized spacial score (nSPS) is 17.7. The molecule has 1 atom stereocenters. The molecule has 0 aromatic carbocycles. The average Bonchev–Trinajstić information content (AvgIpc) is 3.25. The highest BCUT2D eigenvalue weighted by atomic mass is 32.1. The van der Waals surface area contributed by atoms with E-state index in [1.165, 1.54) is 26.7 Å². The van der Waals surface area contributed by atoms with E-state index in [9.17, 15) is 4.79 Å². The lowest BCUT2D eigenvalue weighted by Gasteiger charge is -2.35. The van der Waals surface area contributed by atoms with Crippen LogP contribution in [0.15, 0.2) is 39.8 Å². The molecule has 0 aliphatic carbocycles. The number of carbonyl (C=O) groups is 1. The van der Waals surface area contributed by atoms with E-state index in [0.717, 1.165) is 13.0 Å². The van der Waals surface area contributed by atoms with E-state index in [1.807, 2.05) is 16.3 Å². The summed E-state index contributed by atoms with van der Waals surface area (Å²) in [5.41, 5.74) is 3.55. The first-order valence-corrected chi connectivity index (χ1v) is 9.33. The Balaban J connectivity index is 1.78. The van der Waals surface area contributed by atoms with Crippen LogP contribution >= 0.6 is 34.0 Å². The maximum Gasteiger partial charge on any atom is 0.274 e. The van der Waals surface area contributed by atoms with Crippen molar-refractivity contribution in [3.63, 3.8) is 0 Å². The predicted octanol–water partition coefficient (Wildman–Crippen LogP) is 4.05. The number of carbonyl (C=O) groups excluding carboxylic acids is 1. The summed E-state index contributed by atoms with van der Waals surface area (Å²) in [6.07, 6.45) is 0.935. The first-order chi connectivity index (χ1) is 10.3. The molecular weight excluding hydrogens is 320 g/mol. The predicted molar refractivity (Wildman–Crippen MR) is 87.3 cm³/mol. The van der Waals surface area contributed by atoms with E-state index in [4.69, 9.17) is 0 Å². The molecule has 1 amide bonds. The SMILES string of the molecule is O=C(c1cscn1)N1CCc2sccc2C1c1cccs1. The van der Waals surface area contributed by atoms with Gasteiger partial charge in [0.15, 0.2) is 0 Å². The van der Waals surface area contributed by atoms with Crippen LogP contribution in [-0.2, 0) is 6.42 Å². The second-order valence-corrected chi connectivity index (χ2v) is 7.54. The van der Waals surface area contributed by atoms with Crippen molar-refractivity contribution in [1.82, 2.24) is 9.88 Å². The minimum atomic E-state index is 0.0338. The Morgan fingerprint density at radius 1 is 1.29 bits per heavy atom. The van der Waals surface area contributed by atoms with Crippen LogP contribution in [0.3, 0.4) is 0 Å². The highest BCUT2D eigenvalue weighted by Gasteiger charge is 2.34. The molecule has 106 valence electrons. The number of hydrogen-bond acceptors (Lipinski definition) is 5. The van der Waals surface area contributed by atoms with Crippen molar-refractivity contribution in [2.24, 2.45) is 0 Å². The summed E-state index contributed by atoms with van der Waals surface area (Å²) in [4.78, 5) is 21.5. The molecule has 21 heavy (non-hydrogen) atoms. The molecule has 0 bridgehead atoms. The Morgan fingerprint density at radius 2 is 2.24 bits per heavy atom. The van der Waals surface area contributed by atoms with E-state index in [2.05, 4.69) is 27.9 Å². The van der Waals surface area contributed by atoms with Crippen LogP contribution in [0.5, 0.6) is 0 Å².